The van der Waals surface area contributed by atoms with Crippen molar-refractivity contribution in [3.63, 3.8) is 0 Å². The van der Waals surface area contributed by atoms with Gasteiger partial charge in [-0.05, 0) is 48.2 Å². The van der Waals surface area contributed by atoms with E-state index in [4.69, 9.17) is 4.74 Å². The maximum Gasteiger partial charge on any atom is 0.338 e. The summed E-state index contributed by atoms with van der Waals surface area (Å²) < 4.78 is 6.26. The molecule has 6 heteroatoms. The lowest BCUT2D eigenvalue weighted by Gasteiger charge is -2.09. The number of benzene rings is 3. The van der Waals surface area contributed by atoms with E-state index in [1.54, 1.807) is 12.1 Å². The third-order valence-electron chi connectivity index (χ3n) is 4.60. The molecule has 1 amide bonds. The summed E-state index contributed by atoms with van der Waals surface area (Å²) in [5, 5.41) is 3.19. The summed E-state index contributed by atoms with van der Waals surface area (Å²) in [5.41, 5.74) is 4.38. The van der Waals surface area contributed by atoms with E-state index >= 15 is 0 Å². The van der Waals surface area contributed by atoms with E-state index in [9.17, 15) is 9.59 Å². The maximum absolute atomic E-state index is 12.6. The summed E-state index contributed by atoms with van der Waals surface area (Å²) in [7, 11) is 0. The summed E-state index contributed by atoms with van der Waals surface area (Å²) in [6.07, 6.45) is 0.615. The fraction of sp³-hybridized carbons (Fsp3) is 0.125. The third-order valence-corrected chi connectivity index (χ3v) is 5.53. The van der Waals surface area contributed by atoms with Crippen LogP contribution in [0.1, 0.15) is 27.0 Å². The van der Waals surface area contributed by atoms with Gasteiger partial charge in [0.1, 0.15) is 0 Å². The zero-order valence-corrected chi connectivity index (χ0v) is 17.2. The first-order valence-electron chi connectivity index (χ1n) is 9.54. The minimum atomic E-state index is -0.517. The molecule has 0 saturated carbocycles. The lowest BCUT2D eigenvalue weighted by Crippen LogP contribution is -2.21. The number of amides is 1. The van der Waals surface area contributed by atoms with Gasteiger partial charge in [-0.25, -0.2) is 9.78 Å². The first kappa shape index (κ1) is 19.8. The Kier molecular flexibility index (Phi) is 5.86. The Labute approximate surface area is 178 Å². The van der Waals surface area contributed by atoms with Crippen molar-refractivity contribution in [1.29, 1.82) is 0 Å². The molecule has 0 unspecified atom stereocenters. The summed E-state index contributed by atoms with van der Waals surface area (Å²) in [6.45, 7) is 1.64. The van der Waals surface area contributed by atoms with Gasteiger partial charge >= 0.3 is 5.97 Å². The number of nitrogens with zero attached hydrogens (tertiary/aromatic N) is 1. The van der Waals surface area contributed by atoms with Gasteiger partial charge in [0.25, 0.3) is 5.91 Å². The molecule has 1 N–H and O–H groups in total. The average Bonchev–Trinajstić information content (AvgIpc) is 3.14. The Morgan fingerprint density at radius 1 is 1.00 bits per heavy atom. The van der Waals surface area contributed by atoms with Crippen LogP contribution >= 0.6 is 11.3 Å². The molecule has 0 aliphatic heterocycles. The number of ether oxygens (including phenoxy) is 1. The Bertz CT molecular complexity index is 1200. The Morgan fingerprint density at radius 3 is 2.60 bits per heavy atom. The number of nitrogens with one attached hydrogen (secondary N) is 1. The molecule has 4 rings (SSSR count). The van der Waals surface area contributed by atoms with Crippen molar-refractivity contribution in [2.24, 2.45) is 0 Å². The summed E-state index contributed by atoms with van der Waals surface area (Å²) in [4.78, 5) is 29.2. The van der Waals surface area contributed by atoms with Crippen LogP contribution in [-0.2, 0) is 16.0 Å². The van der Waals surface area contributed by atoms with E-state index in [-0.39, 0.29) is 6.61 Å². The Morgan fingerprint density at radius 2 is 1.77 bits per heavy atom. The van der Waals surface area contributed by atoms with Crippen LogP contribution in [0.25, 0.3) is 10.2 Å². The predicted octanol–water partition coefficient (Wildman–Crippen LogP) is 4.99. The zero-order chi connectivity index (χ0) is 20.9. The monoisotopic (exact) mass is 416 g/mol. The van der Waals surface area contributed by atoms with E-state index in [2.05, 4.69) is 10.3 Å². The normalized spacial score (nSPS) is 10.7. The van der Waals surface area contributed by atoms with Crippen LogP contribution in [0.4, 0.5) is 5.13 Å². The Hall–Kier alpha value is -3.51. The van der Waals surface area contributed by atoms with Crippen molar-refractivity contribution < 1.29 is 14.3 Å². The SMILES string of the molecule is Cc1ccc2nc(NC(=O)COC(=O)c3ccccc3Cc3ccccc3)sc2c1. The molecule has 0 spiro atoms. The number of anilines is 1. The van der Waals surface area contributed by atoms with Gasteiger partial charge in [-0.2, -0.15) is 0 Å². The second-order valence-electron chi connectivity index (χ2n) is 6.93. The number of aryl methyl sites for hydroxylation is 1. The lowest BCUT2D eigenvalue weighted by molar-refractivity contribution is -0.119. The quantitative estimate of drug-likeness (QED) is 0.450. The van der Waals surface area contributed by atoms with Crippen molar-refractivity contribution in [3.8, 4) is 0 Å². The highest BCUT2D eigenvalue weighted by Gasteiger charge is 2.15. The molecule has 30 heavy (non-hydrogen) atoms. The summed E-state index contributed by atoms with van der Waals surface area (Å²) in [6, 6.07) is 23.1. The summed E-state index contributed by atoms with van der Waals surface area (Å²) >= 11 is 1.39. The molecule has 0 bridgehead atoms. The average molecular weight is 417 g/mol. The number of esters is 1. The lowest BCUT2D eigenvalue weighted by atomic mass is 10.00. The molecule has 0 fully saturated rings. The molecule has 4 aromatic rings. The van der Waals surface area contributed by atoms with Crippen molar-refractivity contribution in [1.82, 2.24) is 4.98 Å². The highest BCUT2D eigenvalue weighted by Crippen LogP contribution is 2.26. The van der Waals surface area contributed by atoms with Gasteiger partial charge in [0.15, 0.2) is 11.7 Å². The predicted molar refractivity (Wildman–Crippen MR) is 119 cm³/mol. The van der Waals surface area contributed by atoms with Gasteiger partial charge in [-0.3, -0.25) is 10.1 Å². The number of fused-ring (bicyclic) bond motifs is 1. The van der Waals surface area contributed by atoms with Crippen LogP contribution in [0.3, 0.4) is 0 Å². The van der Waals surface area contributed by atoms with Gasteiger partial charge < -0.3 is 4.74 Å². The van der Waals surface area contributed by atoms with Crippen molar-refractivity contribution in [2.75, 3.05) is 11.9 Å². The summed E-state index contributed by atoms with van der Waals surface area (Å²) in [5.74, 6) is -0.934. The van der Waals surface area contributed by atoms with Gasteiger partial charge in [-0.15, -0.1) is 0 Å². The van der Waals surface area contributed by atoms with Crippen LogP contribution in [0.15, 0.2) is 72.8 Å². The topological polar surface area (TPSA) is 68.3 Å². The van der Waals surface area contributed by atoms with Crippen LogP contribution in [0.5, 0.6) is 0 Å². The first-order chi connectivity index (χ1) is 14.6. The molecule has 0 atom stereocenters. The van der Waals surface area contributed by atoms with Gasteiger partial charge in [0.2, 0.25) is 0 Å². The molecule has 0 saturated heterocycles. The molecule has 5 nitrogen and oxygen atoms in total. The number of rotatable bonds is 6. The number of carbonyl (C=O) groups excluding carboxylic acids is 2. The van der Waals surface area contributed by atoms with Crippen molar-refractivity contribution >= 4 is 38.6 Å². The molecule has 1 heterocycles. The van der Waals surface area contributed by atoms with Crippen LogP contribution in [0.2, 0.25) is 0 Å². The minimum absolute atomic E-state index is 0.368. The fourth-order valence-electron chi connectivity index (χ4n) is 3.14. The largest absolute Gasteiger partial charge is 0.452 e. The van der Waals surface area contributed by atoms with Gasteiger partial charge in [0.05, 0.1) is 15.8 Å². The number of aromatic nitrogens is 1. The smallest absolute Gasteiger partial charge is 0.338 e. The van der Waals surface area contributed by atoms with E-state index in [0.717, 1.165) is 26.9 Å². The van der Waals surface area contributed by atoms with Gasteiger partial charge in [0, 0.05) is 0 Å². The third kappa shape index (κ3) is 4.72. The molecular weight excluding hydrogens is 396 g/mol. The van der Waals surface area contributed by atoms with Crippen molar-refractivity contribution in [2.45, 2.75) is 13.3 Å². The van der Waals surface area contributed by atoms with Gasteiger partial charge in [-0.1, -0.05) is 65.9 Å². The molecule has 1 aromatic heterocycles. The highest BCUT2D eigenvalue weighted by molar-refractivity contribution is 7.22. The molecule has 0 aliphatic rings. The van der Waals surface area contributed by atoms with E-state index in [1.807, 2.05) is 67.6 Å². The molecule has 3 aromatic carbocycles. The standard InChI is InChI=1S/C24H20N2O3S/c1-16-11-12-20-21(13-16)30-24(25-20)26-22(27)15-29-23(28)19-10-6-5-9-18(19)14-17-7-3-2-4-8-17/h2-13H,14-15H2,1H3,(H,25,26,27). The van der Waals surface area contributed by atoms with E-state index in [1.165, 1.54) is 11.3 Å². The minimum Gasteiger partial charge on any atom is -0.452 e. The molecule has 150 valence electrons. The molecule has 0 aliphatic carbocycles. The van der Waals surface area contributed by atoms with E-state index in [0.29, 0.717) is 17.1 Å². The van der Waals surface area contributed by atoms with Crippen LogP contribution in [0, 0.1) is 6.92 Å². The second kappa shape index (κ2) is 8.88. The number of hydrogen-bond acceptors (Lipinski definition) is 5. The molecule has 0 radical (unpaired) electrons. The Balaban J connectivity index is 1.39. The number of thiazole rings is 1. The maximum atomic E-state index is 12.6. The fourth-order valence-corrected chi connectivity index (χ4v) is 4.12. The zero-order valence-electron chi connectivity index (χ0n) is 16.4. The van der Waals surface area contributed by atoms with E-state index < -0.39 is 11.9 Å². The highest BCUT2D eigenvalue weighted by atomic mass is 32.1. The number of hydrogen-bond donors (Lipinski definition) is 1. The first-order valence-corrected chi connectivity index (χ1v) is 10.4. The molecular formula is C24H20N2O3S. The second-order valence-corrected chi connectivity index (χ2v) is 7.96. The van der Waals surface area contributed by atoms with Crippen molar-refractivity contribution in [3.05, 3.63) is 95.1 Å². The van der Waals surface area contributed by atoms with Crippen LogP contribution < -0.4 is 5.32 Å². The number of carbonyl (C=O) groups is 2. The van der Waals surface area contributed by atoms with Crippen LogP contribution in [-0.4, -0.2) is 23.5 Å².